The monoisotopic (exact) mass is 275 g/mol. The Labute approximate surface area is 123 Å². The van der Waals surface area contributed by atoms with Crippen molar-refractivity contribution < 1.29 is 4.74 Å². The highest BCUT2D eigenvalue weighted by atomic mass is 16.5. The standard InChI is InChI=1S/C18H29NO/c1-5-14-7-6-8-15(10-14)20-18-9-13(4)17(19)11-16(18)12(2)3/h9,11-12,14-15H,5-8,10,19H2,1-4H3. The van der Waals surface area contributed by atoms with E-state index in [0.29, 0.717) is 12.0 Å². The lowest BCUT2D eigenvalue weighted by Gasteiger charge is -2.30. The molecule has 2 N–H and O–H groups in total. The first-order chi connectivity index (χ1) is 9.51. The first-order valence-electron chi connectivity index (χ1n) is 8.07. The third-order valence-corrected chi connectivity index (χ3v) is 4.63. The number of nitrogens with two attached hydrogens (primary N) is 1. The van der Waals surface area contributed by atoms with Crippen molar-refractivity contribution in [2.45, 2.75) is 71.8 Å². The van der Waals surface area contributed by atoms with Gasteiger partial charge in [-0.3, -0.25) is 0 Å². The lowest BCUT2D eigenvalue weighted by Crippen LogP contribution is -2.25. The van der Waals surface area contributed by atoms with E-state index < -0.39 is 0 Å². The topological polar surface area (TPSA) is 35.2 Å². The minimum absolute atomic E-state index is 0.384. The van der Waals surface area contributed by atoms with Crippen molar-refractivity contribution in [2.24, 2.45) is 5.92 Å². The summed E-state index contributed by atoms with van der Waals surface area (Å²) in [6.07, 6.45) is 6.73. The van der Waals surface area contributed by atoms with Crippen LogP contribution in [0, 0.1) is 12.8 Å². The van der Waals surface area contributed by atoms with E-state index in [2.05, 4.69) is 39.8 Å². The van der Waals surface area contributed by atoms with Crippen LogP contribution in [0.25, 0.3) is 0 Å². The molecule has 1 aromatic rings. The van der Waals surface area contributed by atoms with Crippen molar-refractivity contribution in [1.29, 1.82) is 0 Å². The van der Waals surface area contributed by atoms with E-state index in [1.165, 1.54) is 37.7 Å². The predicted molar refractivity (Wildman–Crippen MR) is 86.3 cm³/mol. The van der Waals surface area contributed by atoms with Gasteiger partial charge in [0.25, 0.3) is 0 Å². The Morgan fingerprint density at radius 2 is 2.05 bits per heavy atom. The number of aryl methyl sites for hydroxylation is 1. The van der Waals surface area contributed by atoms with Crippen LogP contribution in [0.15, 0.2) is 12.1 Å². The average Bonchev–Trinajstić information content (AvgIpc) is 2.42. The molecule has 2 heteroatoms. The summed E-state index contributed by atoms with van der Waals surface area (Å²) in [6.45, 7) is 8.75. The number of nitrogen functional groups attached to an aromatic ring is 1. The van der Waals surface area contributed by atoms with Gasteiger partial charge in [-0.1, -0.05) is 33.6 Å². The molecule has 0 bridgehead atoms. The molecule has 1 aliphatic rings. The minimum Gasteiger partial charge on any atom is -0.490 e. The zero-order valence-corrected chi connectivity index (χ0v) is 13.4. The Morgan fingerprint density at radius 1 is 1.30 bits per heavy atom. The van der Waals surface area contributed by atoms with Gasteiger partial charge in [0.2, 0.25) is 0 Å². The molecule has 2 atom stereocenters. The predicted octanol–water partition coefficient (Wildman–Crippen LogP) is 5.05. The molecule has 2 unspecified atom stereocenters. The molecule has 0 radical (unpaired) electrons. The molecule has 20 heavy (non-hydrogen) atoms. The van der Waals surface area contributed by atoms with Gasteiger partial charge in [-0.05, 0) is 61.3 Å². The van der Waals surface area contributed by atoms with Gasteiger partial charge < -0.3 is 10.5 Å². The lowest BCUT2D eigenvalue weighted by atomic mass is 9.85. The molecule has 0 aromatic heterocycles. The number of rotatable bonds is 4. The maximum atomic E-state index is 6.36. The summed E-state index contributed by atoms with van der Waals surface area (Å²) in [5, 5.41) is 0. The zero-order chi connectivity index (χ0) is 14.7. The molecule has 2 rings (SSSR count). The summed E-state index contributed by atoms with van der Waals surface area (Å²) < 4.78 is 6.36. The number of anilines is 1. The maximum Gasteiger partial charge on any atom is 0.123 e. The summed E-state index contributed by atoms with van der Waals surface area (Å²) in [5.74, 6) is 2.33. The van der Waals surface area contributed by atoms with Gasteiger partial charge in [-0.15, -0.1) is 0 Å². The van der Waals surface area contributed by atoms with Gasteiger partial charge in [-0.2, -0.15) is 0 Å². The van der Waals surface area contributed by atoms with Crippen molar-refractivity contribution in [3.63, 3.8) is 0 Å². The second-order valence-electron chi connectivity index (χ2n) is 6.58. The SMILES string of the molecule is CCC1CCCC(Oc2cc(C)c(N)cc2C(C)C)C1. The van der Waals surface area contributed by atoms with E-state index in [4.69, 9.17) is 10.5 Å². The Hall–Kier alpha value is -1.18. The first kappa shape index (κ1) is 15.2. The third kappa shape index (κ3) is 3.47. The van der Waals surface area contributed by atoms with E-state index in [0.717, 1.165) is 22.9 Å². The molecule has 0 heterocycles. The van der Waals surface area contributed by atoms with Gasteiger partial charge in [0.1, 0.15) is 5.75 Å². The molecule has 1 aromatic carbocycles. The lowest BCUT2D eigenvalue weighted by molar-refractivity contribution is 0.120. The summed E-state index contributed by atoms with van der Waals surface area (Å²) >= 11 is 0. The van der Waals surface area contributed by atoms with Crippen LogP contribution in [0.2, 0.25) is 0 Å². The van der Waals surface area contributed by atoms with E-state index in [1.54, 1.807) is 0 Å². The molecular formula is C18H29NO. The molecule has 1 aliphatic carbocycles. The summed E-state index contributed by atoms with van der Waals surface area (Å²) in [7, 11) is 0. The zero-order valence-electron chi connectivity index (χ0n) is 13.4. The first-order valence-corrected chi connectivity index (χ1v) is 8.07. The summed E-state index contributed by atoms with van der Waals surface area (Å²) in [5.41, 5.74) is 9.28. The second-order valence-corrected chi connectivity index (χ2v) is 6.58. The maximum absolute atomic E-state index is 6.36. The van der Waals surface area contributed by atoms with Crippen LogP contribution in [-0.2, 0) is 0 Å². The largest absolute Gasteiger partial charge is 0.490 e. The third-order valence-electron chi connectivity index (χ3n) is 4.63. The molecule has 0 saturated heterocycles. The highest BCUT2D eigenvalue weighted by Crippen LogP contribution is 2.35. The second kappa shape index (κ2) is 6.51. The molecule has 2 nitrogen and oxygen atoms in total. The molecule has 112 valence electrons. The normalized spacial score (nSPS) is 23.1. The molecule has 0 aliphatic heterocycles. The molecule has 0 spiro atoms. The fourth-order valence-electron chi connectivity index (χ4n) is 3.17. The Bertz CT molecular complexity index is 453. The quantitative estimate of drug-likeness (QED) is 0.780. The molecular weight excluding hydrogens is 246 g/mol. The fourth-order valence-corrected chi connectivity index (χ4v) is 3.17. The van der Waals surface area contributed by atoms with Gasteiger partial charge in [0, 0.05) is 5.69 Å². The minimum atomic E-state index is 0.384. The average molecular weight is 275 g/mol. The van der Waals surface area contributed by atoms with Crippen molar-refractivity contribution in [3.05, 3.63) is 23.3 Å². The Kier molecular flexibility index (Phi) is 4.95. The van der Waals surface area contributed by atoms with E-state index in [1.807, 2.05) is 0 Å². The Morgan fingerprint density at radius 3 is 2.70 bits per heavy atom. The smallest absolute Gasteiger partial charge is 0.123 e. The number of hydrogen-bond acceptors (Lipinski definition) is 2. The number of hydrogen-bond donors (Lipinski definition) is 1. The van der Waals surface area contributed by atoms with Gasteiger partial charge in [0.15, 0.2) is 0 Å². The van der Waals surface area contributed by atoms with E-state index >= 15 is 0 Å². The highest BCUT2D eigenvalue weighted by molar-refractivity contribution is 5.55. The fraction of sp³-hybridized carbons (Fsp3) is 0.667. The van der Waals surface area contributed by atoms with Crippen LogP contribution in [0.4, 0.5) is 5.69 Å². The van der Waals surface area contributed by atoms with Crippen LogP contribution in [0.5, 0.6) is 5.75 Å². The van der Waals surface area contributed by atoms with Gasteiger partial charge >= 0.3 is 0 Å². The summed E-state index contributed by atoms with van der Waals surface area (Å²) in [4.78, 5) is 0. The van der Waals surface area contributed by atoms with Crippen LogP contribution in [-0.4, -0.2) is 6.10 Å². The van der Waals surface area contributed by atoms with Gasteiger partial charge in [0.05, 0.1) is 6.10 Å². The van der Waals surface area contributed by atoms with Gasteiger partial charge in [-0.25, -0.2) is 0 Å². The van der Waals surface area contributed by atoms with Crippen molar-refractivity contribution in [2.75, 3.05) is 5.73 Å². The number of benzene rings is 1. The van der Waals surface area contributed by atoms with Crippen LogP contribution in [0.3, 0.4) is 0 Å². The summed E-state index contributed by atoms with van der Waals surface area (Å²) in [6, 6.07) is 4.22. The van der Waals surface area contributed by atoms with Crippen molar-refractivity contribution >= 4 is 5.69 Å². The van der Waals surface area contributed by atoms with Crippen molar-refractivity contribution in [3.8, 4) is 5.75 Å². The van der Waals surface area contributed by atoms with Crippen LogP contribution in [0.1, 0.15) is 69.9 Å². The molecule has 1 fully saturated rings. The van der Waals surface area contributed by atoms with E-state index in [9.17, 15) is 0 Å². The van der Waals surface area contributed by atoms with Crippen LogP contribution >= 0.6 is 0 Å². The van der Waals surface area contributed by atoms with Crippen LogP contribution < -0.4 is 10.5 Å². The highest BCUT2D eigenvalue weighted by Gasteiger charge is 2.23. The Balaban J connectivity index is 2.17. The molecule has 1 saturated carbocycles. The van der Waals surface area contributed by atoms with E-state index in [-0.39, 0.29) is 0 Å². The number of ether oxygens (including phenoxy) is 1. The van der Waals surface area contributed by atoms with Crippen molar-refractivity contribution in [1.82, 2.24) is 0 Å². The molecule has 0 amide bonds.